The van der Waals surface area contributed by atoms with Crippen molar-refractivity contribution in [3.05, 3.63) is 58.3 Å². The molecule has 2 rings (SSSR count). The van der Waals surface area contributed by atoms with Gasteiger partial charge in [0.25, 0.3) is 0 Å². The Labute approximate surface area is 150 Å². The predicted octanol–water partition coefficient (Wildman–Crippen LogP) is 2.75. The quantitative estimate of drug-likeness (QED) is 0.471. The fraction of sp³-hybridized carbons (Fsp3) is 0.235. The molecule has 0 atom stereocenters. The lowest BCUT2D eigenvalue weighted by Crippen LogP contribution is -2.47. The second-order valence-electron chi connectivity index (χ2n) is 5.14. The lowest BCUT2D eigenvalue weighted by Gasteiger charge is -2.21. The van der Waals surface area contributed by atoms with E-state index in [-0.39, 0.29) is 24.5 Å². The molecule has 0 bridgehead atoms. The number of nitrogens with one attached hydrogen (secondary N) is 2. The average molecular weight is 361 g/mol. The van der Waals surface area contributed by atoms with Gasteiger partial charge in [0.15, 0.2) is 10.9 Å². The number of rotatable bonds is 6. The Morgan fingerprint density at radius 2 is 1.88 bits per heavy atom. The summed E-state index contributed by atoms with van der Waals surface area (Å²) >= 11 is 6.61. The minimum atomic E-state index is -0.244. The van der Waals surface area contributed by atoms with Crippen molar-refractivity contribution < 1.29 is 9.59 Å². The van der Waals surface area contributed by atoms with E-state index in [2.05, 4.69) is 10.7 Å². The van der Waals surface area contributed by atoms with Crippen LogP contribution in [0, 0.1) is 0 Å². The summed E-state index contributed by atoms with van der Waals surface area (Å²) in [7, 11) is 1.67. The fourth-order valence-corrected chi connectivity index (χ4v) is 2.79. The van der Waals surface area contributed by atoms with E-state index in [0.29, 0.717) is 16.5 Å². The van der Waals surface area contributed by atoms with Gasteiger partial charge in [-0.15, -0.1) is 11.3 Å². The molecule has 0 aliphatic heterocycles. The van der Waals surface area contributed by atoms with Crippen molar-refractivity contribution in [3.63, 3.8) is 0 Å². The first kappa shape index (κ1) is 18.1. The smallest absolute Gasteiger partial charge is 0.239 e. The third-order valence-corrected chi connectivity index (χ3v) is 4.59. The van der Waals surface area contributed by atoms with Gasteiger partial charge in [-0.3, -0.25) is 20.0 Å². The molecule has 0 unspecified atom stereocenters. The Bertz CT molecular complexity index is 687. The van der Waals surface area contributed by atoms with Crippen molar-refractivity contribution in [1.29, 1.82) is 0 Å². The molecule has 0 aliphatic carbocycles. The zero-order valence-electron chi connectivity index (χ0n) is 13.3. The van der Waals surface area contributed by atoms with Crippen molar-refractivity contribution in [3.8, 4) is 0 Å². The van der Waals surface area contributed by atoms with E-state index in [0.717, 1.165) is 5.56 Å². The molecule has 5 nitrogen and oxygen atoms in total. The number of amides is 1. The molecule has 1 amide bonds. The molecule has 0 aliphatic rings. The topological polar surface area (TPSA) is 61.4 Å². The molecule has 0 saturated carbocycles. The number of hydrogen-bond acceptors (Lipinski definition) is 4. The van der Waals surface area contributed by atoms with Crippen molar-refractivity contribution >= 4 is 40.4 Å². The highest BCUT2D eigenvalue weighted by Crippen LogP contribution is 2.12. The van der Waals surface area contributed by atoms with Crippen molar-refractivity contribution in [2.24, 2.45) is 0 Å². The molecule has 1 aromatic carbocycles. The van der Waals surface area contributed by atoms with Crippen LogP contribution in [0.4, 0.5) is 0 Å². The molecule has 0 fully saturated rings. The highest BCUT2D eigenvalue weighted by atomic mass is 32.1. The molecule has 7 heteroatoms. The van der Waals surface area contributed by atoms with Crippen molar-refractivity contribution in [1.82, 2.24) is 15.8 Å². The maximum atomic E-state index is 11.9. The number of thiocarbonyl (C=S) groups is 1. The van der Waals surface area contributed by atoms with Gasteiger partial charge in [0, 0.05) is 26.4 Å². The minimum absolute atomic E-state index is 0.0208. The summed E-state index contributed by atoms with van der Waals surface area (Å²) in [6, 6.07) is 13.4. The summed E-state index contributed by atoms with van der Waals surface area (Å²) in [5.41, 5.74) is 3.76. The van der Waals surface area contributed by atoms with Crippen LogP contribution in [-0.4, -0.2) is 28.9 Å². The number of thiophene rings is 1. The minimum Gasteiger partial charge on any atom is -0.357 e. The van der Waals surface area contributed by atoms with Crippen molar-refractivity contribution in [2.75, 3.05) is 7.05 Å². The molecule has 0 radical (unpaired) electrons. The third kappa shape index (κ3) is 5.75. The number of nitrogens with zero attached hydrogens (tertiary/aromatic N) is 1. The first-order chi connectivity index (χ1) is 11.6. The van der Waals surface area contributed by atoms with Gasteiger partial charge in [-0.05, 0) is 29.2 Å². The van der Waals surface area contributed by atoms with Gasteiger partial charge < -0.3 is 5.32 Å². The standard InChI is InChI=1S/C17H19N3O2S2/c1-20(17(23)18-12-13-6-3-2-4-7-13)19-16(22)10-9-14(21)15-8-5-11-24-15/h2-8,11H,9-10,12H2,1H3,(H,18,23)(H,19,22). The van der Waals surface area contributed by atoms with E-state index in [1.807, 2.05) is 41.8 Å². The Morgan fingerprint density at radius 1 is 1.12 bits per heavy atom. The van der Waals surface area contributed by atoms with Crippen LogP contribution >= 0.6 is 23.6 Å². The van der Waals surface area contributed by atoms with Gasteiger partial charge in [-0.2, -0.15) is 0 Å². The summed E-state index contributed by atoms with van der Waals surface area (Å²) in [5, 5.41) is 6.78. The van der Waals surface area contributed by atoms with Gasteiger partial charge in [-0.25, -0.2) is 0 Å². The molecular formula is C17H19N3O2S2. The van der Waals surface area contributed by atoms with Gasteiger partial charge in [0.2, 0.25) is 5.91 Å². The zero-order chi connectivity index (χ0) is 17.4. The summed E-state index contributed by atoms with van der Waals surface area (Å²) in [6.45, 7) is 0.580. The van der Waals surface area contributed by atoms with Crippen LogP contribution in [0.2, 0.25) is 0 Å². The van der Waals surface area contributed by atoms with Crippen LogP contribution < -0.4 is 10.7 Å². The Balaban J connectivity index is 1.70. The van der Waals surface area contributed by atoms with Gasteiger partial charge in [0.1, 0.15) is 0 Å². The Hall–Kier alpha value is -2.25. The Morgan fingerprint density at radius 3 is 2.54 bits per heavy atom. The van der Waals surface area contributed by atoms with Gasteiger partial charge >= 0.3 is 0 Å². The molecule has 2 aromatic rings. The van der Waals surface area contributed by atoms with Crippen LogP contribution in [-0.2, 0) is 11.3 Å². The second kappa shape index (κ2) is 9.14. The monoisotopic (exact) mass is 361 g/mol. The number of Topliss-reactive ketones (excluding diaryl/α,β-unsaturated/α-hetero) is 1. The number of carbonyl (C=O) groups is 2. The number of carbonyl (C=O) groups excluding carboxylic acids is 2. The van der Waals surface area contributed by atoms with Crippen LogP contribution in [0.5, 0.6) is 0 Å². The Kier molecular flexibility index (Phi) is 6.89. The van der Waals surface area contributed by atoms with E-state index in [1.165, 1.54) is 16.3 Å². The lowest BCUT2D eigenvalue weighted by molar-refractivity contribution is -0.123. The van der Waals surface area contributed by atoms with Gasteiger partial charge in [-0.1, -0.05) is 36.4 Å². The highest BCUT2D eigenvalue weighted by molar-refractivity contribution is 7.80. The molecule has 126 valence electrons. The summed E-state index contributed by atoms with van der Waals surface area (Å²) in [6.07, 6.45) is 0.312. The molecule has 2 N–H and O–H groups in total. The number of hydrogen-bond donors (Lipinski definition) is 2. The number of benzene rings is 1. The zero-order valence-corrected chi connectivity index (χ0v) is 15.0. The van der Waals surface area contributed by atoms with E-state index >= 15 is 0 Å². The largest absolute Gasteiger partial charge is 0.357 e. The van der Waals surface area contributed by atoms with Crippen LogP contribution in [0.15, 0.2) is 47.8 Å². The first-order valence-electron chi connectivity index (χ1n) is 7.48. The summed E-state index contributed by atoms with van der Waals surface area (Å²) in [4.78, 5) is 24.5. The molecule has 0 saturated heterocycles. The molecule has 0 spiro atoms. The molecule has 24 heavy (non-hydrogen) atoms. The molecule has 1 aromatic heterocycles. The number of hydrazine groups is 1. The van der Waals surface area contributed by atoms with E-state index in [1.54, 1.807) is 13.1 Å². The molecular weight excluding hydrogens is 342 g/mol. The van der Waals surface area contributed by atoms with Gasteiger partial charge in [0.05, 0.1) is 4.88 Å². The maximum Gasteiger partial charge on any atom is 0.239 e. The van der Waals surface area contributed by atoms with Crippen LogP contribution in [0.3, 0.4) is 0 Å². The van der Waals surface area contributed by atoms with Crippen molar-refractivity contribution in [2.45, 2.75) is 19.4 Å². The normalized spacial score (nSPS) is 10.0. The third-order valence-electron chi connectivity index (χ3n) is 3.26. The average Bonchev–Trinajstić information content (AvgIpc) is 3.13. The summed E-state index contributed by atoms with van der Waals surface area (Å²) in [5.74, 6) is -0.265. The van der Waals surface area contributed by atoms with E-state index < -0.39 is 0 Å². The molecule has 1 heterocycles. The lowest BCUT2D eigenvalue weighted by atomic mass is 10.2. The maximum absolute atomic E-state index is 11.9. The fourth-order valence-electron chi connectivity index (χ4n) is 1.97. The second-order valence-corrected chi connectivity index (χ2v) is 6.47. The predicted molar refractivity (Wildman–Crippen MR) is 99.7 cm³/mol. The van der Waals surface area contributed by atoms with Crippen LogP contribution in [0.25, 0.3) is 0 Å². The SMILES string of the molecule is CN(NC(=O)CCC(=O)c1cccs1)C(=S)NCc1ccccc1. The number of ketones is 1. The highest BCUT2D eigenvalue weighted by Gasteiger charge is 2.12. The first-order valence-corrected chi connectivity index (χ1v) is 8.76. The van der Waals surface area contributed by atoms with Crippen LogP contribution in [0.1, 0.15) is 28.1 Å². The van der Waals surface area contributed by atoms with E-state index in [9.17, 15) is 9.59 Å². The summed E-state index contributed by atoms with van der Waals surface area (Å²) < 4.78 is 0. The van der Waals surface area contributed by atoms with E-state index in [4.69, 9.17) is 12.2 Å².